The largest absolute Gasteiger partial charge is 0.348 e. The summed E-state index contributed by atoms with van der Waals surface area (Å²) in [6, 6.07) is 0.742. The van der Waals surface area contributed by atoms with Gasteiger partial charge in [-0.05, 0) is 31.7 Å². The van der Waals surface area contributed by atoms with Crippen LogP contribution in [-0.2, 0) is 4.79 Å². The molecule has 0 aromatic heterocycles. The van der Waals surface area contributed by atoms with E-state index in [0.29, 0.717) is 0 Å². The van der Waals surface area contributed by atoms with Gasteiger partial charge in [0.1, 0.15) is 0 Å². The molecular formula is C12H20N2O. The summed E-state index contributed by atoms with van der Waals surface area (Å²) in [4.78, 5) is 13.3. The Morgan fingerprint density at radius 2 is 2.40 bits per heavy atom. The molecule has 15 heavy (non-hydrogen) atoms. The Morgan fingerprint density at radius 1 is 1.60 bits per heavy atom. The van der Waals surface area contributed by atoms with Crippen LogP contribution in [0.4, 0.5) is 0 Å². The zero-order valence-corrected chi connectivity index (χ0v) is 9.68. The van der Waals surface area contributed by atoms with E-state index in [0.717, 1.165) is 19.0 Å². The van der Waals surface area contributed by atoms with E-state index in [-0.39, 0.29) is 5.91 Å². The Kier molecular flexibility index (Phi) is 5.20. The third-order valence-corrected chi connectivity index (χ3v) is 2.92. The van der Waals surface area contributed by atoms with Gasteiger partial charge in [-0.15, -0.1) is 0 Å². The number of nitrogens with zero attached hydrogens (tertiary/aromatic N) is 1. The summed E-state index contributed by atoms with van der Waals surface area (Å²) < 4.78 is 0. The predicted molar refractivity (Wildman–Crippen MR) is 61.3 cm³/mol. The van der Waals surface area contributed by atoms with Crippen molar-refractivity contribution in [1.82, 2.24) is 10.2 Å². The molecule has 1 N–H and O–H groups in total. The van der Waals surface area contributed by atoms with Crippen molar-refractivity contribution >= 4 is 5.91 Å². The highest BCUT2D eigenvalue weighted by Gasteiger charge is 2.21. The Labute approximate surface area is 92.2 Å². The van der Waals surface area contributed by atoms with E-state index >= 15 is 0 Å². The van der Waals surface area contributed by atoms with Gasteiger partial charge in [0, 0.05) is 26.1 Å². The second-order valence-corrected chi connectivity index (χ2v) is 3.87. The lowest BCUT2D eigenvalue weighted by Gasteiger charge is -2.21. The summed E-state index contributed by atoms with van der Waals surface area (Å²) in [7, 11) is 1.60. The van der Waals surface area contributed by atoms with Gasteiger partial charge in [0.2, 0.25) is 0 Å². The van der Waals surface area contributed by atoms with Gasteiger partial charge >= 0.3 is 0 Å². The molecular weight excluding hydrogens is 188 g/mol. The highest BCUT2D eigenvalue weighted by molar-refractivity contribution is 5.93. The molecule has 0 saturated carbocycles. The van der Waals surface area contributed by atoms with Crippen LogP contribution in [0.2, 0.25) is 0 Å². The van der Waals surface area contributed by atoms with E-state index in [4.69, 9.17) is 0 Å². The van der Waals surface area contributed by atoms with Crippen LogP contribution in [0.1, 0.15) is 32.6 Å². The first kappa shape index (κ1) is 12.1. The first-order valence-electron chi connectivity index (χ1n) is 5.72. The normalized spacial score (nSPS) is 20.8. The molecule has 0 aliphatic carbocycles. The third kappa shape index (κ3) is 3.93. The zero-order chi connectivity index (χ0) is 11.1. The van der Waals surface area contributed by atoms with E-state index in [1.807, 2.05) is 0 Å². The van der Waals surface area contributed by atoms with Crippen LogP contribution in [-0.4, -0.2) is 37.0 Å². The Hall–Kier alpha value is -1.01. The third-order valence-electron chi connectivity index (χ3n) is 2.92. The van der Waals surface area contributed by atoms with Gasteiger partial charge in [-0.1, -0.05) is 12.8 Å². The van der Waals surface area contributed by atoms with Crippen molar-refractivity contribution in [1.29, 1.82) is 0 Å². The number of carbonyl (C=O) groups is 1. The van der Waals surface area contributed by atoms with Crippen LogP contribution < -0.4 is 5.32 Å². The van der Waals surface area contributed by atoms with Crippen LogP contribution in [0.3, 0.4) is 0 Å². The maximum Gasteiger partial charge on any atom is 0.295 e. The molecule has 84 valence electrons. The van der Waals surface area contributed by atoms with Crippen molar-refractivity contribution < 1.29 is 4.79 Å². The van der Waals surface area contributed by atoms with Crippen molar-refractivity contribution in [2.45, 2.75) is 38.6 Å². The van der Waals surface area contributed by atoms with Crippen molar-refractivity contribution in [2.24, 2.45) is 0 Å². The molecule has 0 radical (unpaired) electrons. The number of amides is 1. The minimum atomic E-state index is -0.191. The average molecular weight is 208 g/mol. The van der Waals surface area contributed by atoms with Crippen molar-refractivity contribution in [3.63, 3.8) is 0 Å². The first-order valence-corrected chi connectivity index (χ1v) is 5.72. The first-order chi connectivity index (χ1) is 7.27. The van der Waals surface area contributed by atoms with Crippen LogP contribution in [0.25, 0.3) is 0 Å². The standard InChI is InChI=1S/C12H20N2O/c1-3-11-7-6-10-14(11)9-5-4-8-12(15)13-2/h11H,3,5-7,9-10H2,1-2H3,(H,13,15)/t11-/m0/s1. The van der Waals surface area contributed by atoms with E-state index in [9.17, 15) is 4.79 Å². The summed E-state index contributed by atoms with van der Waals surface area (Å²) in [6.45, 7) is 4.43. The minimum Gasteiger partial charge on any atom is -0.348 e. The predicted octanol–water partition coefficient (Wildman–Crippen LogP) is 1.00. The summed E-state index contributed by atoms with van der Waals surface area (Å²) in [6.07, 6.45) is 4.65. The number of likely N-dealkylation sites (tertiary alicyclic amines) is 1. The molecule has 0 bridgehead atoms. The van der Waals surface area contributed by atoms with Crippen LogP contribution in [0.5, 0.6) is 0 Å². The molecule has 1 aliphatic rings. The van der Waals surface area contributed by atoms with Crippen LogP contribution >= 0.6 is 0 Å². The molecule has 0 unspecified atom stereocenters. The highest BCUT2D eigenvalue weighted by atomic mass is 16.1. The van der Waals surface area contributed by atoms with E-state index in [1.54, 1.807) is 7.05 Å². The van der Waals surface area contributed by atoms with Crippen LogP contribution in [0.15, 0.2) is 0 Å². The minimum absolute atomic E-state index is 0.191. The summed E-state index contributed by atoms with van der Waals surface area (Å²) >= 11 is 0. The van der Waals surface area contributed by atoms with Crippen molar-refractivity contribution in [2.75, 3.05) is 20.1 Å². The van der Waals surface area contributed by atoms with Gasteiger partial charge in [0.05, 0.1) is 0 Å². The molecule has 1 fully saturated rings. The molecule has 1 atom stereocenters. The lowest BCUT2D eigenvalue weighted by Crippen LogP contribution is -2.29. The van der Waals surface area contributed by atoms with Gasteiger partial charge < -0.3 is 5.32 Å². The molecule has 1 aliphatic heterocycles. The van der Waals surface area contributed by atoms with Gasteiger partial charge in [0.25, 0.3) is 5.91 Å². The van der Waals surface area contributed by atoms with Gasteiger partial charge in [-0.25, -0.2) is 0 Å². The average Bonchev–Trinajstić information content (AvgIpc) is 2.71. The van der Waals surface area contributed by atoms with E-state index < -0.39 is 0 Å². The lowest BCUT2D eigenvalue weighted by atomic mass is 10.2. The fraction of sp³-hybridized carbons (Fsp3) is 0.750. The Morgan fingerprint density at radius 3 is 3.07 bits per heavy atom. The monoisotopic (exact) mass is 208 g/mol. The number of nitrogens with one attached hydrogen (secondary N) is 1. The highest BCUT2D eigenvalue weighted by Crippen LogP contribution is 2.19. The molecule has 0 aromatic rings. The smallest absolute Gasteiger partial charge is 0.295 e. The molecule has 1 saturated heterocycles. The van der Waals surface area contributed by atoms with E-state index in [1.165, 1.54) is 25.8 Å². The summed E-state index contributed by atoms with van der Waals surface area (Å²) in [5.74, 6) is 5.28. The van der Waals surface area contributed by atoms with Gasteiger partial charge in [-0.2, -0.15) is 0 Å². The number of hydrogen-bond acceptors (Lipinski definition) is 2. The van der Waals surface area contributed by atoms with Crippen LogP contribution in [0, 0.1) is 11.8 Å². The molecule has 1 amide bonds. The topological polar surface area (TPSA) is 32.3 Å². The Balaban J connectivity index is 2.24. The number of hydrogen-bond donors (Lipinski definition) is 1. The van der Waals surface area contributed by atoms with E-state index in [2.05, 4.69) is 29.0 Å². The van der Waals surface area contributed by atoms with Gasteiger partial charge in [-0.3, -0.25) is 9.69 Å². The molecule has 3 heteroatoms. The van der Waals surface area contributed by atoms with Crippen molar-refractivity contribution in [3.05, 3.63) is 0 Å². The van der Waals surface area contributed by atoms with Crippen molar-refractivity contribution in [3.8, 4) is 11.8 Å². The number of rotatable bonds is 3. The maximum atomic E-state index is 10.8. The lowest BCUT2D eigenvalue weighted by molar-refractivity contribution is -0.115. The molecule has 0 spiro atoms. The molecule has 1 heterocycles. The maximum absolute atomic E-state index is 10.8. The SMILES string of the molecule is CC[C@H]1CCCN1CCC#CC(=O)NC. The molecule has 1 rings (SSSR count). The Bertz CT molecular complexity index is 265. The summed E-state index contributed by atoms with van der Waals surface area (Å²) in [5, 5.41) is 2.49. The number of carbonyl (C=O) groups excluding carboxylic acids is 1. The fourth-order valence-corrected chi connectivity index (χ4v) is 2.06. The summed E-state index contributed by atoms with van der Waals surface area (Å²) in [5.41, 5.74) is 0. The fourth-order valence-electron chi connectivity index (χ4n) is 2.06. The zero-order valence-electron chi connectivity index (χ0n) is 9.68. The second kappa shape index (κ2) is 6.47. The quantitative estimate of drug-likeness (QED) is 0.702. The molecule has 3 nitrogen and oxygen atoms in total. The van der Waals surface area contributed by atoms with Gasteiger partial charge in [0.15, 0.2) is 0 Å². The molecule has 0 aromatic carbocycles. The second-order valence-electron chi connectivity index (χ2n) is 3.87.